The van der Waals surface area contributed by atoms with E-state index in [2.05, 4.69) is 37.5 Å². The number of aliphatic carboxylic acids is 1. The Morgan fingerprint density at radius 1 is 0.465 bits per heavy atom. The number of carboxylic acids is 1. The minimum Gasteiger partial charge on any atom is -0.480 e. The van der Waals surface area contributed by atoms with E-state index in [-0.39, 0.29) is 19.6 Å². The highest BCUT2D eigenvalue weighted by molar-refractivity contribution is 5.90. The molecule has 0 radical (unpaired) electrons. The van der Waals surface area contributed by atoms with Crippen LogP contribution in [0.15, 0.2) is 121 Å². The van der Waals surface area contributed by atoms with Gasteiger partial charge in [-0.25, -0.2) is 25.0 Å². The van der Waals surface area contributed by atoms with E-state index in [1.54, 1.807) is 41.5 Å². The van der Waals surface area contributed by atoms with Gasteiger partial charge in [0.2, 0.25) is 0 Å². The molecule has 71 heavy (non-hydrogen) atoms. The first-order valence-electron chi connectivity index (χ1n) is 22.3. The van der Waals surface area contributed by atoms with Crippen molar-refractivity contribution in [3.05, 3.63) is 144 Å². The number of hydrazine groups is 2. The predicted octanol–water partition coefficient (Wildman–Crippen LogP) is 5.08. The van der Waals surface area contributed by atoms with Gasteiger partial charge in [0.1, 0.15) is 48.6 Å². The third-order valence-corrected chi connectivity index (χ3v) is 8.89. The fraction of sp³-hybridized carbons (Fsp3) is 0.360. The number of benzene rings is 4. The second-order valence-corrected chi connectivity index (χ2v) is 17.5. The summed E-state index contributed by atoms with van der Waals surface area (Å²) >= 11 is 0. The van der Waals surface area contributed by atoms with Gasteiger partial charge in [-0.15, -0.1) is 0 Å². The number of carboxylic acid groups (broad SMARTS) is 1. The SMILES string of the molecule is C[C@H](NC(=O)OC(C)(C)C)C(=O)NNC(=O)[C@H](Cc1ccccc1)NC(=O)OCc1ccccc1.C[C@H](NC(=O)OC(C)(C)C)C(=O)O.NNC(=O)[C@H](Cc1ccccc1)NC(=O)OCc1ccccc1. The molecule has 0 aromatic heterocycles. The van der Waals surface area contributed by atoms with Crippen LogP contribution in [0.25, 0.3) is 0 Å². The van der Waals surface area contributed by atoms with Crippen molar-refractivity contribution in [2.45, 2.75) is 117 Å². The molecule has 21 heteroatoms. The van der Waals surface area contributed by atoms with Crippen LogP contribution in [-0.2, 0) is 64.2 Å². The van der Waals surface area contributed by atoms with Gasteiger partial charge in [0, 0.05) is 12.8 Å². The summed E-state index contributed by atoms with van der Waals surface area (Å²) in [5.41, 5.74) is 8.62. The molecule has 0 spiro atoms. The minimum absolute atomic E-state index is 0.0386. The Balaban J connectivity index is 0.000000410. The Kier molecular flexibility index (Phi) is 25.2. The summed E-state index contributed by atoms with van der Waals surface area (Å²) in [5, 5.41) is 18.1. The minimum atomic E-state index is -1.09. The molecule has 7 amide bonds. The molecule has 0 fully saturated rings. The fourth-order valence-corrected chi connectivity index (χ4v) is 5.45. The average Bonchev–Trinajstić information content (AvgIpc) is 3.31. The Bertz CT molecular complexity index is 2290. The van der Waals surface area contributed by atoms with Crippen molar-refractivity contribution in [1.29, 1.82) is 0 Å². The number of nitrogens with one attached hydrogen (secondary N) is 7. The lowest BCUT2D eigenvalue weighted by molar-refractivity contribution is -0.139. The number of ether oxygens (including phenoxy) is 4. The largest absolute Gasteiger partial charge is 0.480 e. The molecule has 0 heterocycles. The molecule has 10 N–H and O–H groups in total. The second-order valence-electron chi connectivity index (χ2n) is 17.5. The Morgan fingerprint density at radius 3 is 1.13 bits per heavy atom. The molecule has 0 aliphatic heterocycles. The van der Waals surface area contributed by atoms with E-state index in [0.717, 1.165) is 22.3 Å². The fourth-order valence-electron chi connectivity index (χ4n) is 5.45. The molecular formula is C50H66N8O13. The maximum Gasteiger partial charge on any atom is 0.408 e. The zero-order valence-electron chi connectivity index (χ0n) is 41.1. The molecule has 4 aromatic rings. The van der Waals surface area contributed by atoms with Crippen molar-refractivity contribution in [3.8, 4) is 0 Å². The van der Waals surface area contributed by atoms with Crippen molar-refractivity contribution >= 4 is 48.1 Å². The quantitative estimate of drug-likeness (QED) is 0.0306. The highest BCUT2D eigenvalue weighted by Gasteiger charge is 2.26. The van der Waals surface area contributed by atoms with Crippen molar-refractivity contribution < 1.29 is 62.4 Å². The number of hydrogen-bond donors (Lipinski definition) is 9. The topological polar surface area (TPSA) is 304 Å². The first-order chi connectivity index (χ1) is 33.4. The number of nitrogens with two attached hydrogens (primary N) is 1. The number of alkyl carbamates (subject to hydrolysis) is 4. The molecule has 4 aromatic carbocycles. The van der Waals surface area contributed by atoms with Crippen LogP contribution in [0.2, 0.25) is 0 Å². The third-order valence-electron chi connectivity index (χ3n) is 8.89. The smallest absolute Gasteiger partial charge is 0.408 e. The summed E-state index contributed by atoms with van der Waals surface area (Å²) < 4.78 is 20.3. The highest BCUT2D eigenvalue weighted by atomic mass is 16.6. The molecule has 21 nitrogen and oxygen atoms in total. The average molecular weight is 987 g/mol. The predicted molar refractivity (Wildman–Crippen MR) is 261 cm³/mol. The molecule has 384 valence electrons. The van der Waals surface area contributed by atoms with Crippen LogP contribution in [0.4, 0.5) is 19.2 Å². The zero-order valence-corrected chi connectivity index (χ0v) is 41.1. The molecule has 0 unspecified atom stereocenters. The van der Waals surface area contributed by atoms with Gasteiger partial charge in [-0.2, -0.15) is 0 Å². The first-order valence-corrected chi connectivity index (χ1v) is 22.3. The molecule has 4 rings (SSSR count). The molecule has 0 aliphatic rings. The lowest BCUT2D eigenvalue weighted by Gasteiger charge is -2.22. The van der Waals surface area contributed by atoms with Crippen LogP contribution in [0, 0.1) is 0 Å². The van der Waals surface area contributed by atoms with Crippen LogP contribution >= 0.6 is 0 Å². The number of amides is 7. The van der Waals surface area contributed by atoms with Gasteiger partial charge in [0.05, 0.1) is 0 Å². The monoisotopic (exact) mass is 986 g/mol. The molecule has 0 saturated carbocycles. The summed E-state index contributed by atoms with van der Waals surface area (Å²) in [6.07, 6.45) is -2.45. The van der Waals surface area contributed by atoms with E-state index in [9.17, 15) is 38.4 Å². The van der Waals surface area contributed by atoms with E-state index in [1.807, 2.05) is 121 Å². The van der Waals surface area contributed by atoms with E-state index in [1.165, 1.54) is 13.8 Å². The third kappa shape index (κ3) is 26.8. The first kappa shape index (κ1) is 58.9. The molecular weight excluding hydrogens is 921 g/mol. The lowest BCUT2D eigenvalue weighted by Crippen LogP contribution is -2.56. The van der Waals surface area contributed by atoms with Crippen LogP contribution < -0.4 is 43.4 Å². The lowest BCUT2D eigenvalue weighted by atomic mass is 10.1. The van der Waals surface area contributed by atoms with Crippen molar-refractivity contribution in [2.24, 2.45) is 5.84 Å². The molecule has 0 bridgehead atoms. The standard InChI is InChI=1S/C25H32N4O6.C17H19N3O3.C8H15NO4/c1-17(26-24(33)35-25(2,3)4)21(30)28-29-22(31)20(15-18-11-7-5-8-12-18)27-23(32)34-16-19-13-9-6-10-14-19;18-20-16(21)15(11-13-7-3-1-4-8-13)19-17(22)23-12-14-9-5-2-6-10-14;1-5(6(10)11)9-7(12)13-8(2,3)4/h5-14,17,20H,15-16H2,1-4H3,(H,26,33)(H,27,32)(H,28,30)(H,29,31);1-10,15H,11-12,18H2,(H,19,22)(H,20,21);5H,1-4H3,(H,9,12)(H,10,11)/t17-,20-;15-;5-/m000/s1. The van der Waals surface area contributed by atoms with Crippen molar-refractivity contribution in [2.75, 3.05) is 0 Å². The van der Waals surface area contributed by atoms with Gasteiger partial charge in [0.25, 0.3) is 17.7 Å². The maximum absolute atomic E-state index is 12.8. The van der Waals surface area contributed by atoms with Gasteiger partial charge in [-0.05, 0) is 77.6 Å². The summed E-state index contributed by atoms with van der Waals surface area (Å²) in [6, 6.07) is 33.1. The zero-order chi connectivity index (χ0) is 53.0. The van der Waals surface area contributed by atoms with E-state index in [0.29, 0.717) is 6.42 Å². The second kappa shape index (κ2) is 30.3. The maximum atomic E-state index is 12.8. The van der Waals surface area contributed by atoms with Crippen LogP contribution in [0.5, 0.6) is 0 Å². The van der Waals surface area contributed by atoms with Gasteiger partial charge in [0.15, 0.2) is 0 Å². The summed E-state index contributed by atoms with van der Waals surface area (Å²) in [5.74, 6) is 2.27. The van der Waals surface area contributed by atoms with Gasteiger partial charge in [-0.1, -0.05) is 121 Å². The summed E-state index contributed by atoms with van der Waals surface area (Å²) in [7, 11) is 0. The van der Waals surface area contributed by atoms with E-state index < -0.39 is 83.4 Å². The van der Waals surface area contributed by atoms with E-state index >= 15 is 0 Å². The van der Waals surface area contributed by atoms with Gasteiger partial charge >= 0.3 is 30.3 Å². The number of hydrogen-bond acceptors (Lipinski definition) is 13. The summed E-state index contributed by atoms with van der Waals surface area (Å²) in [6.45, 7) is 13.2. The normalized spacial score (nSPS) is 12.2. The number of carbonyl (C=O) groups excluding carboxylic acids is 7. The Labute approximate surface area is 413 Å². The Morgan fingerprint density at radius 2 is 0.789 bits per heavy atom. The van der Waals surface area contributed by atoms with Gasteiger partial charge in [-0.3, -0.25) is 35.5 Å². The summed E-state index contributed by atoms with van der Waals surface area (Å²) in [4.78, 5) is 94.3. The van der Waals surface area contributed by atoms with Crippen LogP contribution in [0.3, 0.4) is 0 Å². The molecule has 0 saturated heterocycles. The van der Waals surface area contributed by atoms with Crippen LogP contribution in [-0.4, -0.2) is 88.5 Å². The van der Waals surface area contributed by atoms with Crippen molar-refractivity contribution in [3.63, 3.8) is 0 Å². The number of rotatable bonds is 16. The van der Waals surface area contributed by atoms with Gasteiger partial charge < -0.3 is 45.3 Å². The Hall–Kier alpha value is -8.20. The van der Waals surface area contributed by atoms with Crippen LogP contribution in [0.1, 0.15) is 77.6 Å². The number of carbonyl (C=O) groups is 8. The van der Waals surface area contributed by atoms with Crippen molar-refractivity contribution in [1.82, 2.24) is 37.5 Å². The molecule has 4 atom stereocenters. The van der Waals surface area contributed by atoms with E-state index in [4.69, 9.17) is 29.9 Å². The molecule has 0 aliphatic carbocycles. The highest BCUT2D eigenvalue weighted by Crippen LogP contribution is 2.10.